The van der Waals surface area contributed by atoms with E-state index < -0.39 is 4.92 Å². The molecule has 1 aliphatic rings. The van der Waals surface area contributed by atoms with E-state index in [-0.39, 0.29) is 11.7 Å². The molecule has 0 aliphatic carbocycles. The van der Waals surface area contributed by atoms with Crippen LogP contribution in [0.2, 0.25) is 0 Å². The number of nitrogens with one attached hydrogen (secondary N) is 1. The van der Waals surface area contributed by atoms with Crippen molar-refractivity contribution in [1.82, 2.24) is 19.9 Å². The summed E-state index contributed by atoms with van der Waals surface area (Å²) < 4.78 is 0. The predicted molar refractivity (Wildman–Crippen MR) is 92.5 cm³/mol. The predicted octanol–water partition coefficient (Wildman–Crippen LogP) is 2.02. The second-order valence-corrected chi connectivity index (χ2v) is 5.80. The van der Waals surface area contributed by atoms with Crippen molar-refractivity contribution >= 4 is 28.5 Å². The smallest absolute Gasteiger partial charge is 0.287 e. The highest BCUT2D eigenvalue weighted by Crippen LogP contribution is 2.22. The van der Waals surface area contributed by atoms with Gasteiger partial charge in [0, 0.05) is 37.6 Å². The third-order valence-corrected chi connectivity index (χ3v) is 4.14. The van der Waals surface area contributed by atoms with E-state index >= 15 is 0 Å². The molecule has 9 nitrogen and oxygen atoms in total. The normalized spacial score (nSPS) is 17.0. The molecule has 4 rings (SSSR count). The molecule has 1 saturated heterocycles. The lowest BCUT2D eigenvalue weighted by molar-refractivity contribution is -0.385. The quantitative estimate of drug-likeness (QED) is 0.569. The largest absolute Gasteiger partial charge is 0.365 e. The van der Waals surface area contributed by atoms with Crippen LogP contribution < -0.4 is 10.2 Å². The lowest BCUT2D eigenvalue weighted by atomic mass is 10.2. The fourth-order valence-corrected chi connectivity index (χ4v) is 2.90. The highest BCUT2D eigenvalue weighted by Gasteiger charge is 2.24. The minimum Gasteiger partial charge on any atom is -0.365 e. The first-order valence-electron chi connectivity index (χ1n) is 7.89. The van der Waals surface area contributed by atoms with Crippen molar-refractivity contribution in [3.05, 3.63) is 53.0 Å². The van der Waals surface area contributed by atoms with Gasteiger partial charge in [-0.2, -0.15) is 0 Å². The van der Waals surface area contributed by atoms with Crippen LogP contribution in [0.5, 0.6) is 0 Å². The number of rotatable bonds is 4. The van der Waals surface area contributed by atoms with Crippen LogP contribution in [0.3, 0.4) is 0 Å². The van der Waals surface area contributed by atoms with Crippen LogP contribution in [0.25, 0.3) is 11.2 Å². The van der Waals surface area contributed by atoms with Crippen LogP contribution in [0.1, 0.15) is 6.42 Å². The Morgan fingerprint density at radius 1 is 1.16 bits per heavy atom. The lowest BCUT2D eigenvalue weighted by Crippen LogP contribution is -2.26. The van der Waals surface area contributed by atoms with E-state index in [1.54, 1.807) is 18.5 Å². The van der Waals surface area contributed by atoms with E-state index in [0.29, 0.717) is 11.5 Å². The molecule has 126 valence electrons. The second-order valence-electron chi connectivity index (χ2n) is 5.80. The Morgan fingerprint density at radius 3 is 2.84 bits per heavy atom. The minimum absolute atomic E-state index is 0.0138. The Labute approximate surface area is 142 Å². The van der Waals surface area contributed by atoms with Gasteiger partial charge >= 0.3 is 0 Å². The highest BCUT2D eigenvalue weighted by atomic mass is 16.6. The van der Waals surface area contributed by atoms with Gasteiger partial charge < -0.3 is 10.2 Å². The Balaban J connectivity index is 1.44. The standard InChI is InChI=1S/C16H15N7O2/c24-23(25)12-1-3-14(19-9-12)20-11-5-8-22(10-11)15-4-2-13-16(21-15)18-7-6-17-13/h1-4,6-7,9,11H,5,8,10H2,(H,19,20)/t11-/m0/s1. The second kappa shape index (κ2) is 6.27. The molecule has 0 bridgehead atoms. The molecule has 0 amide bonds. The summed E-state index contributed by atoms with van der Waals surface area (Å²) in [5, 5.41) is 14.0. The highest BCUT2D eigenvalue weighted by molar-refractivity contribution is 5.71. The molecule has 0 spiro atoms. The Kier molecular flexibility index (Phi) is 3.81. The monoisotopic (exact) mass is 337 g/mol. The lowest BCUT2D eigenvalue weighted by Gasteiger charge is -2.18. The van der Waals surface area contributed by atoms with Gasteiger partial charge in [0.1, 0.15) is 23.3 Å². The summed E-state index contributed by atoms with van der Waals surface area (Å²) in [6.45, 7) is 1.64. The molecule has 0 aromatic carbocycles. The Morgan fingerprint density at radius 2 is 2.04 bits per heavy atom. The Bertz CT molecular complexity index is 916. The average Bonchev–Trinajstić information content (AvgIpc) is 3.10. The van der Waals surface area contributed by atoms with Gasteiger partial charge in [-0.25, -0.2) is 15.0 Å². The van der Waals surface area contributed by atoms with Crippen molar-refractivity contribution < 1.29 is 4.92 Å². The van der Waals surface area contributed by atoms with Gasteiger partial charge in [-0.3, -0.25) is 15.1 Å². The summed E-state index contributed by atoms with van der Waals surface area (Å²) in [4.78, 5) is 29.5. The van der Waals surface area contributed by atoms with Gasteiger partial charge in [-0.05, 0) is 24.6 Å². The molecule has 9 heteroatoms. The number of pyridine rings is 2. The molecule has 0 radical (unpaired) electrons. The molecule has 4 heterocycles. The van der Waals surface area contributed by atoms with Crippen molar-refractivity contribution in [3.8, 4) is 0 Å². The molecule has 25 heavy (non-hydrogen) atoms. The zero-order valence-electron chi connectivity index (χ0n) is 13.2. The first kappa shape index (κ1) is 15.2. The van der Waals surface area contributed by atoms with Crippen LogP contribution in [0.15, 0.2) is 42.9 Å². The van der Waals surface area contributed by atoms with Gasteiger partial charge in [0.2, 0.25) is 0 Å². The Hall–Kier alpha value is -3.36. The third kappa shape index (κ3) is 3.16. The van der Waals surface area contributed by atoms with Crippen molar-refractivity contribution in [2.75, 3.05) is 23.3 Å². The molecule has 3 aromatic rings. The zero-order valence-corrected chi connectivity index (χ0v) is 13.2. The van der Waals surface area contributed by atoms with Crippen LogP contribution in [0.4, 0.5) is 17.3 Å². The average molecular weight is 337 g/mol. The van der Waals surface area contributed by atoms with Gasteiger partial charge in [0.15, 0.2) is 5.65 Å². The first-order chi connectivity index (χ1) is 12.2. The van der Waals surface area contributed by atoms with Gasteiger partial charge in [0.25, 0.3) is 5.69 Å². The van der Waals surface area contributed by atoms with E-state index in [4.69, 9.17) is 0 Å². The van der Waals surface area contributed by atoms with Gasteiger partial charge in [-0.15, -0.1) is 0 Å². The van der Waals surface area contributed by atoms with Crippen molar-refractivity contribution in [3.63, 3.8) is 0 Å². The molecule has 0 unspecified atom stereocenters. The number of anilines is 2. The maximum atomic E-state index is 10.7. The number of fused-ring (bicyclic) bond motifs is 1. The summed E-state index contributed by atoms with van der Waals surface area (Å²) >= 11 is 0. The van der Waals surface area contributed by atoms with E-state index in [9.17, 15) is 10.1 Å². The van der Waals surface area contributed by atoms with E-state index in [0.717, 1.165) is 30.8 Å². The number of hydrogen-bond acceptors (Lipinski definition) is 8. The summed E-state index contributed by atoms with van der Waals surface area (Å²) in [7, 11) is 0. The van der Waals surface area contributed by atoms with Crippen molar-refractivity contribution in [2.45, 2.75) is 12.5 Å². The number of nitrogens with zero attached hydrogens (tertiary/aromatic N) is 6. The molecule has 1 aliphatic heterocycles. The molecule has 1 fully saturated rings. The molecule has 3 aromatic heterocycles. The van der Waals surface area contributed by atoms with Crippen LogP contribution in [0, 0.1) is 10.1 Å². The summed E-state index contributed by atoms with van der Waals surface area (Å²) in [5.74, 6) is 1.50. The van der Waals surface area contributed by atoms with Gasteiger partial charge in [0.05, 0.1) is 4.92 Å². The number of hydrogen-bond donors (Lipinski definition) is 1. The number of aromatic nitrogens is 4. The summed E-state index contributed by atoms with van der Waals surface area (Å²) in [6.07, 6.45) is 5.47. The van der Waals surface area contributed by atoms with Crippen LogP contribution in [-0.4, -0.2) is 44.0 Å². The van der Waals surface area contributed by atoms with E-state index in [2.05, 4.69) is 30.2 Å². The molecular formula is C16H15N7O2. The molecular weight excluding hydrogens is 322 g/mol. The number of nitro groups is 1. The minimum atomic E-state index is -0.456. The maximum absolute atomic E-state index is 10.7. The molecule has 1 N–H and O–H groups in total. The van der Waals surface area contributed by atoms with E-state index in [1.807, 2.05) is 12.1 Å². The maximum Gasteiger partial charge on any atom is 0.287 e. The molecule has 1 atom stereocenters. The van der Waals surface area contributed by atoms with E-state index in [1.165, 1.54) is 12.3 Å². The first-order valence-corrected chi connectivity index (χ1v) is 7.89. The summed E-state index contributed by atoms with van der Waals surface area (Å²) in [6, 6.07) is 7.15. The fourth-order valence-electron chi connectivity index (χ4n) is 2.90. The third-order valence-electron chi connectivity index (χ3n) is 4.14. The van der Waals surface area contributed by atoms with Crippen molar-refractivity contribution in [2.24, 2.45) is 0 Å². The van der Waals surface area contributed by atoms with Gasteiger partial charge in [-0.1, -0.05) is 0 Å². The molecule has 0 saturated carbocycles. The zero-order chi connectivity index (χ0) is 17.2. The van der Waals surface area contributed by atoms with Crippen LogP contribution in [-0.2, 0) is 0 Å². The fraction of sp³-hybridized carbons (Fsp3) is 0.250. The van der Waals surface area contributed by atoms with Crippen molar-refractivity contribution in [1.29, 1.82) is 0 Å². The van der Waals surface area contributed by atoms with Crippen LogP contribution >= 0.6 is 0 Å². The topological polar surface area (TPSA) is 110 Å². The summed E-state index contributed by atoms with van der Waals surface area (Å²) in [5.41, 5.74) is 1.39. The SMILES string of the molecule is O=[N+]([O-])c1ccc(N[C@H]2CCN(c3ccc4nccnc4n3)C2)nc1.